The summed E-state index contributed by atoms with van der Waals surface area (Å²) in [7, 11) is 0. The zero-order valence-electron chi connectivity index (χ0n) is 30.8. The molecule has 0 radical (unpaired) electrons. The molecule has 0 bridgehead atoms. The Labute approximate surface area is 328 Å². The Kier molecular flexibility index (Phi) is 7.47. The van der Waals surface area contributed by atoms with E-state index in [0.717, 1.165) is 17.1 Å². The number of rotatable bonds is 6. The zero-order valence-corrected chi connectivity index (χ0v) is 30.8. The number of benzene rings is 9. The van der Waals surface area contributed by atoms with Crippen LogP contribution in [0.5, 0.6) is 0 Å². The van der Waals surface area contributed by atoms with E-state index in [-0.39, 0.29) is 5.41 Å². The first-order valence-corrected chi connectivity index (χ1v) is 19.4. The lowest BCUT2D eigenvalue weighted by atomic mass is 9.70. The first kappa shape index (κ1) is 32.2. The summed E-state index contributed by atoms with van der Waals surface area (Å²) in [6.45, 7) is 0. The van der Waals surface area contributed by atoms with Crippen LogP contribution in [-0.2, 0) is 5.41 Å². The lowest BCUT2D eigenvalue weighted by Gasteiger charge is -2.31. The fourth-order valence-electron chi connectivity index (χ4n) is 9.44. The first-order valence-electron chi connectivity index (χ1n) is 19.4. The number of hydrogen-bond acceptors (Lipinski definition) is 1. The Bertz CT molecular complexity index is 2790. The number of fused-ring (bicyclic) bond motifs is 10. The second-order valence-electron chi connectivity index (χ2n) is 14.9. The molecule has 0 saturated heterocycles. The average molecular weight is 712 g/mol. The van der Waals surface area contributed by atoms with Crippen molar-refractivity contribution in [2.45, 2.75) is 5.41 Å². The third-order valence-electron chi connectivity index (χ3n) is 11.9. The van der Waals surface area contributed by atoms with Crippen LogP contribution >= 0.6 is 0 Å². The van der Waals surface area contributed by atoms with E-state index in [1.54, 1.807) is 0 Å². The Morgan fingerprint density at radius 3 is 1.11 bits per heavy atom. The highest BCUT2D eigenvalue weighted by molar-refractivity contribution is 5.97. The van der Waals surface area contributed by atoms with Gasteiger partial charge in [-0.15, -0.1) is 0 Å². The molecule has 262 valence electrons. The molecule has 0 unspecified atom stereocenters. The average Bonchev–Trinajstić information content (AvgIpc) is 3.75. The van der Waals surface area contributed by atoms with Crippen LogP contribution in [-0.4, -0.2) is 0 Å². The summed E-state index contributed by atoms with van der Waals surface area (Å²) in [5.41, 5.74) is 20.7. The van der Waals surface area contributed by atoms with Crippen molar-refractivity contribution in [2.75, 3.05) is 4.90 Å². The Morgan fingerprint density at radius 2 is 0.607 bits per heavy atom. The lowest BCUT2D eigenvalue weighted by molar-refractivity contribution is 0.794. The maximum atomic E-state index is 2.44. The van der Waals surface area contributed by atoms with Gasteiger partial charge in [0.2, 0.25) is 0 Å². The van der Waals surface area contributed by atoms with Crippen LogP contribution in [0.3, 0.4) is 0 Å². The maximum absolute atomic E-state index is 2.44. The third kappa shape index (κ3) is 4.95. The van der Waals surface area contributed by atoms with Crippen molar-refractivity contribution in [2.24, 2.45) is 0 Å². The molecule has 11 rings (SSSR count). The van der Waals surface area contributed by atoms with Crippen LogP contribution in [0, 0.1) is 0 Å². The van der Waals surface area contributed by atoms with Gasteiger partial charge in [-0.25, -0.2) is 0 Å². The minimum absolute atomic E-state index is 0.381. The minimum atomic E-state index is -0.381. The molecule has 0 atom stereocenters. The summed E-state index contributed by atoms with van der Waals surface area (Å²) in [5.74, 6) is 0. The van der Waals surface area contributed by atoms with Crippen LogP contribution in [0.2, 0.25) is 0 Å². The van der Waals surface area contributed by atoms with Crippen molar-refractivity contribution >= 4 is 17.1 Å². The molecule has 2 aliphatic rings. The van der Waals surface area contributed by atoms with Crippen molar-refractivity contribution in [3.05, 3.63) is 247 Å². The molecule has 0 fully saturated rings. The minimum Gasteiger partial charge on any atom is -0.310 e. The monoisotopic (exact) mass is 711 g/mol. The molecule has 1 heteroatoms. The van der Waals surface area contributed by atoms with Gasteiger partial charge in [-0.2, -0.15) is 0 Å². The molecular weight excluding hydrogens is 675 g/mol. The van der Waals surface area contributed by atoms with Crippen molar-refractivity contribution in [3.63, 3.8) is 0 Å². The summed E-state index contributed by atoms with van der Waals surface area (Å²) in [4.78, 5) is 2.44. The Morgan fingerprint density at radius 1 is 0.232 bits per heavy atom. The molecular formula is C55H37N. The van der Waals surface area contributed by atoms with Crippen molar-refractivity contribution in [3.8, 4) is 55.6 Å². The second kappa shape index (κ2) is 13.0. The first-order chi connectivity index (χ1) is 27.8. The second-order valence-corrected chi connectivity index (χ2v) is 14.9. The Balaban J connectivity index is 1.15. The summed E-state index contributed by atoms with van der Waals surface area (Å²) < 4.78 is 0. The summed E-state index contributed by atoms with van der Waals surface area (Å²) in [6.07, 6.45) is 0. The fourth-order valence-corrected chi connectivity index (χ4v) is 9.44. The molecule has 9 aromatic rings. The van der Waals surface area contributed by atoms with Gasteiger partial charge >= 0.3 is 0 Å². The predicted octanol–water partition coefficient (Wildman–Crippen LogP) is 14.5. The topological polar surface area (TPSA) is 3.24 Å². The van der Waals surface area contributed by atoms with Gasteiger partial charge in [-0.05, 0) is 120 Å². The van der Waals surface area contributed by atoms with Gasteiger partial charge in [0.05, 0.1) is 5.41 Å². The van der Waals surface area contributed by atoms with Gasteiger partial charge in [-0.3, -0.25) is 0 Å². The van der Waals surface area contributed by atoms with Crippen molar-refractivity contribution in [1.82, 2.24) is 0 Å². The SMILES string of the molecule is c1ccc(-c2ccc(N(c3cc(-c4ccccc4)cc(-c4ccccc4)c3)c3ccc4c(c3)-c3ccccc3C43c4ccccc4-c4ccccc43)cc2)cc1. The molecule has 56 heavy (non-hydrogen) atoms. The molecule has 1 nitrogen and oxygen atoms in total. The van der Waals surface area contributed by atoms with E-state index >= 15 is 0 Å². The molecule has 0 saturated carbocycles. The Hall–Kier alpha value is -7.22. The standard InChI is InChI=1S/C55H37N/c1-4-16-38(17-5-1)41-28-30-44(31-29-41)56(46-35-42(39-18-6-2-7-19-39)34-43(36-46)40-20-8-3-9-21-40)45-32-33-54-50(37-45)49-24-12-15-27-53(49)55(54)51-25-13-10-22-47(51)48-23-11-14-26-52(48)55/h1-37H. The molecule has 9 aromatic carbocycles. The number of nitrogens with zero attached hydrogens (tertiary/aromatic N) is 1. The largest absolute Gasteiger partial charge is 0.310 e. The van der Waals surface area contributed by atoms with Crippen LogP contribution in [0.1, 0.15) is 22.3 Å². The maximum Gasteiger partial charge on any atom is 0.0725 e. The molecule has 0 aromatic heterocycles. The highest BCUT2D eigenvalue weighted by Gasteiger charge is 2.51. The van der Waals surface area contributed by atoms with Crippen LogP contribution in [0.25, 0.3) is 55.6 Å². The summed E-state index contributed by atoms with van der Waals surface area (Å²) >= 11 is 0. The number of hydrogen-bond donors (Lipinski definition) is 0. The van der Waals surface area contributed by atoms with E-state index in [9.17, 15) is 0 Å². The van der Waals surface area contributed by atoms with Gasteiger partial charge in [0, 0.05) is 17.1 Å². The number of anilines is 3. The molecule has 0 heterocycles. The smallest absolute Gasteiger partial charge is 0.0725 e. The van der Waals surface area contributed by atoms with E-state index in [1.165, 1.54) is 77.9 Å². The molecule has 2 aliphatic carbocycles. The quantitative estimate of drug-likeness (QED) is 0.166. The fraction of sp³-hybridized carbons (Fsp3) is 0.0182. The lowest BCUT2D eigenvalue weighted by Crippen LogP contribution is -2.25. The summed E-state index contributed by atoms with van der Waals surface area (Å²) in [5, 5.41) is 0. The van der Waals surface area contributed by atoms with Gasteiger partial charge in [0.1, 0.15) is 0 Å². The highest BCUT2D eigenvalue weighted by atomic mass is 15.1. The van der Waals surface area contributed by atoms with Crippen molar-refractivity contribution in [1.29, 1.82) is 0 Å². The molecule has 0 N–H and O–H groups in total. The van der Waals surface area contributed by atoms with E-state index in [2.05, 4.69) is 229 Å². The van der Waals surface area contributed by atoms with E-state index in [4.69, 9.17) is 0 Å². The van der Waals surface area contributed by atoms with E-state index in [0.29, 0.717) is 0 Å². The van der Waals surface area contributed by atoms with Gasteiger partial charge in [0.15, 0.2) is 0 Å². The van der Waals surface area contributed by atoms with Crippen LogP contribution < -0.4 is 4.90 Å². The normalized spacial score (nSPS) is 12.8. The molecule has 0 aliphatic heterocycles. The zero-order chi connectivity index (χ0) is 37.1. The van der Waals surface area contributed by atoms with E-state index < -0.39 is 0 Å². The molecule has 0 amide bonds. The summed E-state index contributed by atoms with van der Waals surface area (Å²) in [6, 6.07) is 82.5. The van der Waals surface area contributed by atoms with E-state index in [1.807, 2.05) is 0 Å². The van der Waals surface area contributed by atoms with Gasteiger partial charge in [0.25, 0.3) is 0 Å². The van der Waals surface area contributed by atoms with Gasteiger partial charge < -0.3 is 4.90 Å². The molecule has 1 spiro atoms. The predicted molar refractivity (Wildman–Crippen MR) is 234 cm³/mol. The highest BCUT2D eigenvalue weighted by Crippen LogP contribution is 2.63. The van der Waals surface area contributed by atoms with Crippen LogP contribution in [0.4, 0.5) is 17.1 Å². The van der Waals surface area contributed by atoms with Crippen molar-refractivity contribution < 1.29 is 0 Å². The van der Waals surface area contributed by atoms with Crippen LogP contribution in [0.15, 0.2) is 224 Å². The third-order valence-corrected chi connectivity index (χ3v) is 11.9. The van der Waals surface area contributed by atoms with Gasteiger partial charge in [-0.1, -0.05) is 182 Å².